The van der Waals surface area contributed by atoms with Gasteiger partial charge in [0.25, 0.3) is 0 Å². The first-order chi connectivity index (χ1) is 15.7. The van der Waals surface area contributed by atoms with E-state index in [9.17, 15) is 4.79 Å². The molecule has 3 saturated carbocycles. The second kappa shape index (κ2) is 9.02. The van der Waals surface area contributed by atoms with Crippen LogP contribution in [-0.2, 0) is 4.79 Å². The Kier molecular flexibility index (Phi) is 6.54. The number of fused-ring (bicyclic) bond motifs is 5. The van der Waals surface area contributed by atoms with Gasteiger partial charge >= 0.3 is 0 Å². The van der Waals surface area contributed by atoms with E-state index in [4.69, 9.17) is 0 Å². The number of allylic oxidation sites excluding steroid dienone is 1. The first-order valence-electron chi connectivity index (χ1n) is 14.7. The molecule has 0 spiro atoms. The van der Waals surface area contributed by atoms with Gasteiger partial charge in [-0.05, 0) is 104 Å². The van der Waals surface area contributed by atoms with E-state index in [1.54, 1.807) is 5.57 Å². The van der Waals surface area contributed by atoms with Gasteiger partial charge in [-0.2, -0.15) is 0 Å². The normalized spacial score (nSPS) is 43.8. The van der Waals surface area contributed by atoms with E-state index < -0.39 is 0 Å². The monoisotopic (exact) mass is 453 g/mol. The Morgan fingerprint density at radius 3 is 2.58 bits per heavy atom. The van der Waals surface area contributed by atoms with Gasteiger partial charge in [-0.1, -0.05) is 65.5 Å². The smallest absolute Gasteiger partial charge is 0.222 e. The van der Waals surface area contributed by atoms with Crippen LogP contribution in [0.5, 0.6) is 0 Å². The summed E-state index contributed by atoms with van der Waals surface area (Å²) in [5, 5.41) is 0. The Bertz CT molecular complexity index is 769. The maximum Gasteiger partial charge on any atom is 0.222 e. The van der Waals surface area contributed by atoms with Crippen LogP contribution in [0, 0.1) is 46.3 Å². The average molecular weight is 454 g/mol. The van der Waals surface area contributed by atoms with Crippen LogP contribution in [0.25, 0.3) is 0 Å². The van der Waals surface area contributed by atoms with Crippen LogP contribution >= 0.6 is 0 Å². The molecule has 2 heteroatoms. The number of likely N-dealkylation sites (tertiary alicyclic amines) is 1. The lowest BCUT2D eigenvalue weighted by molar-refractivity contribution is -0.130. The molecular formula is C31H51NO. The highest BCUT2D eigenvalue weighted by Crippen LogP contribution is 2.67. The van der Waals surface area contributed by atoms with Crippen molar-refractivity contribution in [3.63, 3.8) is 0 Å². The largest absolute Gasteiger partial charge is 0.339 e. The molecule has 186 valence electrons. The predicted octanol–water partition coefficient (Wildman–Crippen LogP) is 8.02. The van der Waals surface area contributed by atoms with Gasteiger partial charge < -0.3 is 4.90 Å². The number of amides is 1. The second-order valence-corrected chi connectivity index (χ2v) is 13.9. The van der Waals surface area contributed by atoms with Crippen LogP contribution in [-0.4, -0.2) is 23.4 Å². The quantitative estimate of drug-likeness (QED) is 0.373. The van der Waals surface area contributed by atoms with Crippen LogP contribution in [0.4, 0.5) is 0 Å². The molecule has 0 aromatic carbocycles. The summed E-state index contributed by atoms with van der Waals surface area (Å²) >= 11 is 0. The van der Waals surface area contributed by atoms with Gasteiger partial charge in [0.2, 0.25) is 5.91 Å². The molecule has 4 aliphatic carbocycles. The Hall–Kier alpha value is -0.790. The van der Waals surface area contributed by atoms with E-state index in [2.05, 4.69) is 45.6 Å². The summed E-state index contributed by atoms with van der Waals surface area (Å²) in [5.41, 5.74) is 2.73. The van der Waals surface area contributed by atoms with Crippen LogP contribution in [0.3, 0.4) is 0 Å². The zero-order chi connectivity index (χ0) is 23.4. The molecular weight excluding hydrogens is 402 g/mol. The van der Waals surface area contributed by atoms with Crippen molar-refractivity contribution < 1.29 is 4.79 Å². The second-order valence-electron chi connectivity index (χ2n) is 13.9. The Morgan fingerprint density at radius 2 is 1.85 bits per heavy atom. The minimum absolute atomic E-state index is 0.407. The van der Waals surface area contributed by atoms with Crippen molar-refractivity contribution in [3.8, 4) is 0 Å². The van der Waals surface area contributed by atoms with Crippen molar-refractivity contribution >= 4 is 5.91 Å². The van der Waals surface area contributed by atoms with Crippen molar-refractivity contribution in [3.05, 3.63) is 11.6 Å². The zero-order valence-corrected chi connectivity index (χ0v) is 22.4. The summed E-state index contributed by atoms with van der Waals surface area (Å²) in [6.45, 7) is 13.7. The number of hydrogen-bond donors (Lipinski definition) is 0. The molecule has 1 heterocycles. The molecule has 1 saturated heterocycles. The SMILES string of the molecule is CC(C)CCC[C@@H](C)[C@H]1CC[C@H]2[C@@H]3CC=C4C[C@@H](N5CCCC5=O)CC[C@]4(C)[C@H]3CC[C@]12C. The lowest BCUT2D eigenvalue weighted by Crippen LogP contribution is -2.52. The molecule has 33 heavy (non-hydrogen) atoms. The Balaban J connectivity index is 1.29. The fraction of sp³-hybridized carbons (Fsp3) is 0.903. The maximum absolute atomic E-state index is 12.4. The molecule has 0 N–H and O–H groups in total. The number of hydrogen-bond acceptors (Lipinski definition) is 1. The van der Waals surface area contributed by atoms with Crippen LogP contribution in [0.2, 0.25) is 0 Å². The van der Waals surface area contributed by atoms with Crippen molar-refractivity contribution in [2.75, 3.05) is 6.54 Å². The summed E-state index contributed by atoms with van der Waals surface area (Å²) in [4.78, 5) is 14.6. The highest BCUT2D eigenvalue weighted by molar-refractivity contribution is 5.78. The molecule has 0 aromatic heterocycles. The van der Waals surface area contributed by atoms with Gasteiger partial charge in [0.1, 0.15) is 0 Å². The molecule has 0 unspecified atom stereocenters. The summed E-state index contributed by atoms with van der Waals surface area (Å²) in [6.07, 6.45) is 19.8. The number of carbonyl (C=O) groups excluding carboxylic acids is 1. The molecule has 8 atom stereocenters. The molecule has 0 bridgehead atoms. The van der Waals surface area contributed by atoms with Gasteiger partial charge in [-0.25, -0.2) is 0 Å². The van der Waals surface area contributed by atoms with Crippen LogP contribution in [0.1, 0.15) is 118 Å². The van der Waals surface area contributed by atoms with Crippen molar-refractivity contribution in [1.29, 1.82) is 0 Å². The van der Waals surface area contributed by atoms with Crippen molar-refractivity contribution in [1.82, 2.24) is 4.90 Å². The highest BCUT2D eigenvalue weighted by atomic mass is 16.2. The van der Waals surface area contributed by atoms with E-state index in [-0.39, 0.29) is 0 Å². The first kappa shape index (κ1) is 23.9. The number of carbonyl (C=O) groups is 1. The lowest BCUT2D eigenvalue weighted by Gasteiger charge is -2.59. The molecule has 1 amide bonds. The van der Waals surface area contributed by atoms with Crippen molar-refractivity contribution in [2.24, 2.45) is 46.3 Å². The van der Waals surface area contributed by atoms with E-state index >= 15 is 0 Å². The zero-order valence-electron chi connectivity index (χ0n) is 22.4. The number of rotatable bonds is 6. The molecule has 4 fully saturated rings. The van der Waals surface area contributed by atoms with E-state index in [0.29, 0.717) is 22.8 Å². The van der Waals surface area contributed by atoms with E-state index in [1.807, 2.05) is 0 Å². The van der Waals surface area contributed by atoms with Gasteiger partial charge in [0, 0.05) is 19.0 Å². The molecule has 1 aliphatic heterocycles. The lowest BCUT2D eigenvalue weighted by atomic mass is 9.46. The van der Waals surface area contributed by atoms with Gasteiger partial charge in [-0.15, -0.1) is 0 Å². The average Bonchev–Trinajstić information content (AvgIpc) is 3.35. The fourth-order valence-corrected chi connectivity index (χ4v) is 9.99. The first-order valence-corrected chi connectivity index (χ1v) is 14.7. The van der Waals surface area contributed by atoms with E-state index in [1.165, 1.54) is 70.6 Å². The topological polar surface area (TPSA) is 20.3 Å². The van der Waals surface area contributed by atoms with Crippen molar-refractivity contribution in [2.45, 2.75) is 124 Å². The number of nitrogens with zero attached hydrogens (tertiary/aromatic N) is 1. The fourth-order valence-electron chi connectivity index (χ4n) is 9.99. The molecule has 2 nitrogen and oxygen atoms in total. The standard InChI is InChI=1S/C31H51NO/c1-21(2)8-6-9-22(3)26-13-14-27-25-12-11-23-20-24(32-19-7-10-29(32)33)15-17-30(23,4)28(25)16-18-31(26,27)5/h11,21-22,24-28H,6-10,12-20H2,1-5H3/t22-,24+,25+,26-,27+,28+,30+,31-/m1/s1. The van der Waals surface area contributed by atoms with Crippen LogP contribution < -0.4 is 0 Å². The third kappa shape index (κ3) is 4.04. The van der Waals surface area contributed by atoms with Gasteiger partial charge in [0.15, 0.2) is 0 Å². The molecule has 0 aromatic rings. The summed E-state index contributed by atoms with van der Waals surface area (Å²) in [6, 6.07) is 0.493. The minimum Gasteiger partial charge on any atom is -0.339 e. The van der Waals surface area contributed by atoms with Gasteiger partial charge in [0.05, 0.1) is 0 Å². The molecule has 5 rings (SSSR count). The summed E-state index contributed by atoms with van der Waals surface area (Å²) < 4.78 is 0. The third-order valence-electron chi connectivity index (χ3n) is 11.8. The maximum atomic E-state index is 12.4. The minimum atomic E-state index is 0.407. The molecule has 0 radical (unpaired) electrons. The molecule has 5 aliphatic rings. The predicted molar refractivity (Wildman–Crippen MR) is 138 cm³/mol. The van der Waals surface area contributed by atoms with Gasteiger partial charge in [-0.3, -0.25) is 4.79 Å². The Labute approximate surface area is 204 Å². The summed E-state index contributed by atoms with van der Waals surface area (Å²) in [5.74, 6) is 5.87. The Morgan fingerprint density at radius 1 is 1.03 bits per heavy atom. The van der Waals surface area contributed by atoms with Crippen LogP contribution in [0.15, 0.2) is 11.6 Å². The third-order valence-corrected chi connectivity index (χ3v) is 11.8. The highest BCUT2D eigenvalue weighted by Gasteiger charge is 2.59. The summed E-state index contributed by atoms with van der Waals surface area (Å²) in [7, 11) is 0. The van der Waals surface area contributed by atoms with E-state index in [0.717, 1.165) is 54.9 Å².